The van der Waals surface area contributed by atoms with E-state index >= 15 is 0 Å². The highest BCUT2D eigenvalue weighted by molar-refractivity contribution is 8.00. The van der Waals surface area contributed by atoms with Gasteiger partial charge in [0.2, 0.25) is 0 Å². The van der Waals surface area contributed by atoms with Crippen molar-refractivity contribution in [3.05, 3.63) is 0 Å². The molecule has 1 rings (SSSR count). The quantitative estimate of drug-likeness (QED) is 0.510. The molecule has 2 unspecified atom stereocenters. The summed E-state index contributed by atoms with van der Waals surface area (Å²) in [5.74, 6) is 0.696. The highest BCUT2D eigenvalue weighted by atomic mass is 32.2. The molecule has 1 saturated heterocycles. The molecule has 0 aliphatic carbocycles. The molecule has 0 saturated carbocycles. The second-order valence-electron chi connectivity index (χ2n) is 5.30. The Bertz CT molecular complexity index is 235. The van der Waals surface area contributed by atoms with Crippen LogP contribution in [0.2, 0.25) is 0 Å². The van der Waals surface area contributed by atoms with E-state index in [0.29, 0.717) is 16.5 Å². The van der Waals surface area contributed by atoms with Crippen molar-refractivity contribution in [3.63, 3.8) is 0 Å². The van der Waals surface area contributed by atoms with Crippen LogP contribution in [0.5, 0.6) is 0 Å². The Morgan fingerprint density at radius 3 is 2.13 bits per heavy atom. The third kappa shape index (κ3) is 4.33. The monoisotopic (exact) mass is 229 g/mol. The van der Waals surface area contributed by atoms with Gasteiger partial charge in [-0.1, -0.05) is 13.8 Å². The average molecular weight is 229 g/mol. The number of nitrogens with two attached hydrogens (primary N) is 1. The number of hydrogen-bond donors (Lipinski definition) is 1. The molecule has 0 amide bonds. The first-order chi connectivity index (χ1) is 6.78. The van der Waals surface area contributed by atoms with Crippen molar-refractivity contribution in [2.75, 3.05) is 13.1 Å². The van der Waals surface area contributed by atoms with Gasteiger partial charge in [-0.25, -0.2) is 4.99 Å². The lowest BCUT2D eigenvalue weighted by molar-refractivity contribution is 0.398. The van der Waals surface area contributed by atoms with Gasteiger partial charge in [0.15, 0.2) is 5.96 Å². The Labute approximate surface area is 97.5 Å². The molecule has 0 aromatic rings. The smallest absolute Gasteiger partial charge is 0.191 e. The summed E-state index contributed by atoms with van der Waals surface area (Å²) in [6.07, 6.45) is 0. The van der Waals surface area contributed by atoms with E-state index in [9.17, 15) is 0 Å². The van der Waals surface area contributed by atoms with E-state index in [1.54, 1.807) is 0 Å². The Morgan fingerprint density at radius 2 is 1.73 bits per heavy atom. The Kier molecular flexibility index (Phi) is 3.93. The van der Waals surface area contributed by atoms with Crippen molar-refractivity contribution in [1.82, 2.24) is 4.90 Å². The molecule has 1 aliphatic rings. The zero-order valence-corrected chi connectivity index (χ0v) is 11.3. The molecule has 2 atom stereocenters. The fraction of sp³-hybridized carbons (Fsp3) is 0.909. The maximum atomic E-state index is 6.03. The lowest BCUT2D eigenvalue weighted by atomic mass is 10.1. The third-order valence-electron chi connectivity index (χ3n) is 2.19. The molecule has 0 bridgehead atoms. The molecular formula is C11H23N3S. The lowest BCUT2D eigenvalue weighted by Crippen LogP contribution is -2.48. The van der Waals surface area contributed by atoms with Crippen molar-refractivity contribution in [1.29, 1.82) is 0 Å². The molecule has 1 heterocycles. The molecule has 88 valence electrons. The first-order valence-electron chi connectivity index (χ1n) is 5.53. The summed E-state index contributed by atoms with van der Waals surface area (Å²) in [4.78, 5) is 6.72. The minimum Gasteiger partial charge on any atom is -0.370 e. The van der Waals surface area contributed by atoms with Gasteiger partial charge in [0, 0.05) is 23.6 Å². The normalized spacial score (nSPS) is 29.4. The zero-order valence-electron chi connectivity index (χ0n) is 10.4. The summed E-state index contributed by atoms with van der Waals surface area (Å²) in [5.41, 5.74) is 5.94. The summed E-state index contributed by atoms with van der Waals surface area (Å²) in [6, 6.07) is 0. The number of hydrogen-bond acceptors (Lipinski definition) is 2. The van der Waals surface area contributed by atoms with Crippen LogP contribution in [-0.4, -0.2) is 40.0 Å². The van der Waals surface area contributed by atoms with Gasteiger partial charge in [0.25, 0.3) is 0 Å². The van der Waals surface area contributed by atoms with E-state index in [-0.39, 0.29) is 5.54 Å². The Balaban J connectivity index is 2.67. The molecule has 0 aromatic heterocycles. The largest absolute Gasteiger partial charge is 0.370 e. The second-order valence-corrected chi connectivity index (χ2v) is 7.18. The van der Waals surface area contributed by atoms with Crippen LogP contribution in [0.25, 0.3) is 0 Å². The van der Waals surface area contributed by atoms with Crippen molar-refractivity contribution in [2.24, 2.45) is 10.7 Å². The number of rotatable bonds is 0. The number of guanidine groups is 1. The van der Waals surface area contributed by atoms with Crippen LogP contribution in [0.4, 0.5) is 0 Å². The molecule has 4 heteroatoms. The minimum atomic E-state index is -0.0822. The molecule has 0 radical (unpaired) electrons. The second kappa shape index (κ2) is 4.64. The van der Waals surface area contributed by atoms with Gasteiger partial charge in [0.1, 0.15) is 0 Å². The van der Waals surface area contributed by atoms with E-state index in [2.05, 4.69) is 44.5 Å². The van der Waals surface area contributed by atoms with Crippen molar-refractivity contribution in [2.45, 2.75) is 50.7 Å². The standard InChI is InChI=1S/C11H23N3S/c1-8-6-14(7-9(2)15-8)10(12)13-11(3,4)5/h8-9H,6-7H2,1-5H3,(H2,12,13). The van der Waals surface area contributed by atoms with Gasteiger partial charge in [0.05, 0.1) is 5.54 Å². The number of thioether (sulfide) groups is 1. The van der Waals surface area contributed by atoms with Gasteiger partial charge >= 0.3 is 0 Å². The van der Waals surface area contributed by atoms with Crippen LogP contribution in [0.3, 0.4) is 0 Å². The molecule has 15 heavy (non-hydrogen) atoms. The molecule has 0 aromatic carbocycles. The molecular weight excluding hydrogens is 206 g/mol. The van der Waals surface area contributed by atoms with Crippen LogP contribution in [0.15, 0.2) is 4.99 Å². The molecule has 0 spiro atoms. The fourth-order valence-corrected chi connectivity index (χ4v) is 3.10. The predicted octanol–water partition coefficient (Wildman–Crippen LogP) is 1.93. The average Bonchev–Trinajstić information content (AvgIpc) is 1.98. The summed E-state index contributed by atoms with van der Waals surface area (Å²) in [7, 11) is 0. The van der Waals surface area contributed by atoms with Crippen LogP contribution in [-0.2, 0) is 0 Å². The molecule has 1 fully saturated rings. The fourth-order valence-electron chi connectivity index (χ4n) is 1.78. The maximum absolute atomic E-state index is 6.03. The summed E-state index contributed by atoms with van der Waals surface area (Å²) < 4.78 is 0. The first kappa shape index (κ1) is 12.7. The van der Waals surface area contributed by atoms with Crippen molar-refractivity contribution >= 4 is 17.7 Å². The number of aliphatic imine (C=N–C) groups is 1. The van der Waals surface area contributed by atoms with Gasteiger partial charge < -0.3 is 10.6 Å². The van der Waals surface area contributed by atoms with Gasteiger partial charge in [-0.2, -0.15) is 11.8 Å². The maximum Gasteiger partial charge on any atom is 0.191 e. The van der Waals surface area contributed by atoms with Crippen molar-refractivity contribution < 1.29 is 0 Å². The van der Waals surface area contributed by atoms with E-state index in [1.807, 2.05) is 11.8 Å². The molecule has 2 N–H and O–H groups in total. The summed E-state index contributed by atoms with van der Waals surface area (Å²) in [5, 5.41) is 1.28. The molecule has 1 aliphatic heterocycles. The predicted molar refractivity (Wildman–Crippen MR) is 69.5 cm³/mol. The van der Waals surface area contributed by atoms with E-state index in [4.69, 9.17) is 5.73 Å². The summed E-state index contributed by atoms with van der Waals surface area (Å²) in [6.45, 7) is 12.7. The van der Waals surface area contributed by atoms with E-state index < -0.39 is 0 Å². The van der Waals surface area contributed by atoms with Gasteiger partial charge in [-0.15, -0.1) is 0 Å². The van der Waals surface area contributed by atoms with Crippen molar-refractivity contribution in [3.8, 4) is 0 Å². The molecule has 3 nitrogen and oxygen atoms in total. The van der Waals surface area contributed by atoms with Crippen LogP contribution < -0.4 is 5.73 Å². The highest BCUT2D eigenvalue weighted by Gasteiger charge is 2.24. The topological polar surface area (TPSA) is 41.6 Å². The van der Waals surface area contributed by atoms with E-state index in [1.165, 1.54) is 0 Å². The highest BCUT2D eigenvalue weighted by Crippen LogP contribution is 2.24. The number of nitrogens with zero attached hydrogens (tertiary/aromatic N) is 2. The Morgan fingerprint density at radius 1 is 1.27 bits per heavy atom. The SMILES string of the molecule is CC1CN(C(N)=NC(C)(C)C)CC(C)S1. The summed E-state index contributed by atoms with van der Waals surface area (Å²) >= 11 is 2.03. The third-order valence-corrected chi connectivity index (χ3v) is 3.42. The Hall–Kier alpha value is -0.380. The first-order valence-corrected chi connectivity index (χ1v) is 6.48. The van der Waals surface area contributed by atoms with Gasteiger partial charge in [-0.3, -0.25) is 0 Å². The van der Waals surface area contributed by atoms with Crippen LogP contribution >= 0.6 is 11.8 Å². The van der Waals surface area contributed by atoms with Gasteiger partial charge in [-0.05, 0) is 20.8 Å². The lowest BCUT2D eigenvalue weighted by Gasteiger charge is -2.36. The van der Waals surface area contributed by atoms with Crippen LogP contribution in [0, 0.1) is 0 Å². The minimum absolute atomic E-state index is 0.0822. The van der Waals surface area contributed by atoms with Crippen LogP contribution in [0.1, 0.15) is 34.6 Å². The zero-order chi connectivity index (χ0) is 11.6. The van der Waals surface area contributed by atoms with E-state index in [0.717, 1.165) is 13.1 Å².